The lowest BCUT2D eigenvalue weighted by atomic mass is 9.89. The fraction of sp³-hybridized carbons (Fsp3) is 0.360. The molecule has 1 aliphatic heterocycles. The van der Waals surface area contributed by atoms with Crippen LogP contribution in [-0.4, -0.2) is 58.0 Å². The highest BCUT2D eigenvalue weighted by atomic mass is 35.5. The minimum absolute atomic E-state index is 0. The predicted molar refractivity (Wildman–Crippen MR) is 147 cm³/mol. The van der Waals surface area contributed by atoms with Crippen molar-refractivity contribution in [1.29, 1.82) is 0 Å². The molecule has 2 aromatic carbocycles. The molecule has 0 radical (unpaired) electrons. The number of fused-ring (bicyclic) bond motifs is 1. The summed E-state index contributed by atoms with van der Waals surface area (Å²) in [4.78, 5) is 2.29. The van der Waals surface area contributed by atoms with Crippen molar-refractivity contribution in [2.45, 2.75) is 31.8 Å². The van der Waals surface area contributed by atoms with Gasteiger partial charge in [0.05, 0.1) is 15.4 Å². The van der Waals surface area contributed by atoms with Crippen LogP contribution in [0.15, 0.2) is 46.9 Å². The minimum Gasteiger partial charge on any atom is -0.490 e. The Labute approximate surface area is 229 Å². The Morgan fingerprint density at radius 3 is 2.61 bits per heavy atom. The Morgan fingerprint density at radius 2 is 1.92 bits per heavy atom. The van der Waals surface area contributed by atoms with Crippen molar-refractivity contribution < 1.29 is 19.7 Å². The van der Waals surface area contributed by atoms with Crippen molar-refractivity contribution in [3.05, 3.63) is 63.1 Å². The van der Waals surface area contributed by atoms with E-state index in [1.807, 2.05) is 43.3 Å². The zero-order chi connectivity index (χ0) is 23.7. The Morgan fingerprint density at radius 1 is 1.14 bits per heavy atom. The third-order valence-corrected chi connectivity index (χ3v) is 7.75. The summed E-state index contributed by atoms with van der Waals surface area (Å²) in [6.45, 7) is 4.54. The molecular weight excluding hydrogens is 545 g/mol. The molecule has 5 rings (SSSR count). The lowest BCUT2D eigenvalue weighted by Gasteiger charge is -2.33. The van der Waals surface area contributed by atoms with Gasteiger partial charge in [-0.3, -0.25) is 0 Å². The zero-order valence-corrected chi connectivity index (χ0v) is 22.8. The van der Waals surface area contributed by atoms with Crippen LogP contribution in [-0.2, 0) is 0 Å². The van der Waals surface area contributed by atoms with E-state index in [1.165, 1.54) is 16.9 Å². The van der Waals surface area contributed by atoms with Gasteiger partial charge in [0.2, 0.25) is 0 Å². The van der Waals surface area contributed by atoms with Gasteiger partial charge in [0.1, 0.15) is 29.1 Å². The molecule has 194 valence electrons. The van der Waals surface area contributed by atoms with Gasteiger partial charge in [0.15, 0.2) is 10.8 Å². The maximum Gasteiger partial charge on any atom is 0.183 e. The first kappa shape index (κ1) is 28.7. The normalized spacial score (nSPS) is 15.3. The van der Waals surface area contributed by atoms with Crippen molar-refractivity contribution in [1.82, 2.24) is 15.1 Å². The molecule has 0 unspecified atom stereocenters. The van der Waals surface area contributed by atoms with E-state index in [0.29, 0.717) is 34.0 Å². The molecule has 3 N–H and O–H groups in total. The van der Waals surface area contributed by atoms with Crippen LogP contribution < -0.4 is 4.74 Å². The van der Waals surface area contributed by atoms with E-state index in [1.54, 1.807) is 0 Å². The van der Waals surface area contributed by atoms with E-state index in [4.69, 9.17) is 32.4 Å². The molecular formula is C25H28Cl3N3O4S. The lowest BCUT2D eigenvalue weighted by molar-refractivity contribution is 0.0599. The van der Waals surface area contributed by atoms with Gasteiger partial charge in [-0.25, -0.2) is 0 Å². The molecule has 7 nitrogen and oxygen atoms in total. The maximum absolute atomic E-state index is 10.6. The number of nitrogens with zero attached hydrogens (tertiary/aromatic N) is 3. The summed E-state index contributed by atoms with van der Waals surface area (Å²) in [7, 11) is 0. The largest absolute Gasteiger partial charge is 0.490 e. The molecule has 1 fully saturated rings. The lowest BCUT2D eigenvalue weighted by Crippen LogP contribution is -2.40. The fourth-order valence-electron chi connectivity index (χ4n) is 4.41. The third kappa shape index (κ3) is 6.50. The second-order valence-corrected chi connectivity index (χ2v) is 10.6. The maximum atomic E-state index is 10.6. The number of rotatable bonds is 7. The van der Waals surface area contributed by atoms with Gasteiger partial charge >= 0.3 is 0 Å². The second kappa shape index (κ2) is 12.6. The van der Waals surface area contributed by atoms with Gasteiger partial charge < -0.3 is 24.6 Å². The average molecular weight is 573 g/mol. The fourth-order valence-corrected chi connectivity index (χ4v) is 5.36. The highest BCUT2D eigenvalue weighted by Gasteiger charge is 2.23. The summed E-state index contributed by atoms with van der Waals surface area (Å²) < 4.78 is 11.9. The molecule has 3 heterocycles. The van der Waals surface area contributed by atoms with Crippen LogP contribution in [0.3, 0.4) is 0 Å². The van der Waals surface area contributed by atoms with E-state index in [2.05, 4.69) is 21.2 Å². The van der Waals surface area contributed by atoms with Crippen molar-refractivity contribution in [3.8, 4) is 16.5 Å². The number of aliphatic hydroxyl groups is 1. The average Bonchev–Trinajstić information content (AvgIpc) is 3.46. The summed E-state index contributed by atoms with van der Waals surface area (Å²) in [6.07, 6.45) is 1.45. The van der Waals surface area contributed by atoms with Crippen LogP contribution in [0, 0.1) is 6.92 Å². The number of hydrogen-bond acceptors (Lipinski definition) is 7. The van der Waals surface area contributed by atoms with Crippen LogP contribution in [0.4, 0.5) is 0 Å². The van der Waals surface area contributed by atoms with Gasteiger partial charge in [-0.2, -0.15) is 0 Å². The van der Waals surface area contributed by atoms with Gasteiger partial charge in [-0.1, -0.05) is 46.7 Å². The molecule has 0 saturated carbocycles. The quantitative estimate of drug-likeness (QED) is 0.301. The van der Waals surface area contributed by atoms with Gasteiger partial charge in [0.25, 0.3) is 0 Å². The van der Waals surface area contributed by atoms with Crippen LogP contribution in [0.1, 0.15) is 29.3 Å². The molecule has 1 aliphatic rings. The van der Waals surface area contributed by atoms with Crippen LogP contribution in [0.2, 0.25) is 10.0 Å². The van der Waals surface area contributed by atoms with Crippen molar-refractivity contribution in [3.63, 3.8) is 0 Å². The molecule has 4 aromatic rings. The first-order valence-corrected chi connectivity index (χ1v) is 12.8. The van der Waals surface area contributed by atoms with Crippen LogP contribution in [0.5, 0.6) is 5.75 Å². The monoisotopic (exact) mass is 571 g/mol. The number of ether oxygens (including phenoxy) is 1. The molecule has 2 aromatic heterocycles. The number of piperidine rings is 1. The SMILES string of the molecule is Cc1nnc(-c2cc3c(OC[C@@H](O)CN4CCC(c5ccc(Cl)c(Cl)c5)CC4)cccc3o2)s1.Cl.O. The van der Waals surface area contributed by atoms with Gasteiger partial charge in [-0.15, -0.1) is 22.6 Å². The molecule has 36 heavy (non-hydrogen) atoms. The summed E-state index contributed by atoms with van der Waals surface area (Å²) in [5.41, 5.74) is 1.95. The Bertz CT molecular complexity index is 1290. The smallest absolute Gasteiger partial charge is 0.183 e. The number of aliphatic hydroxyl groups excluding tert-OH is 1. The molecule has 1 saturated heterocycles. The molecule has 0 bridgehead atoms. The highest BCUT2D eigenvalue weighted by Crippen LogP contribution is 2.35. The number of hydrogen-bond donors (Lipinski definition) is 1. The Hall–Kier alpha value is -1.91. The first-order chi connectivity index (χ1) is 16.5. The van der Waals surface area contributed by atoms with E-state index in [0.717, 1.165) is 46.9 Å². The highest BCUT2D eigenvalue weighted by molar-refractivity contribution is 7.14. The summed E-state index contributed by atoms with van der Waals surface area (Å²) in [5.74, 6) is 1.82. The van der Waals surface area contributed by atoms with Crippen LogP contribution >= 0.6 is 46.9 Å². The minimum atomic E-state index is -0.589. The van der Waals surface area contributed by atoms with Crippen LogP contribution in [0.25, 0.3) is 21.7 Å². The standard InChI is InChI=1S/C25H25Cl2N3O3S.ClH.H2O/c1-15-28-29-25(34-15)24-12-19-22(3-2-4-23(19)33-24)32-14-18(31)13-30-9-7-16(8-10-30)17-5-6-20(26)21(27)11-17;;/h2-6,11-12,16,18,31H,7-10,13-14H2,1H3;1H;1H2/t18-;;/m0../s1. The summed E-state index contributed by atoms with van der Waals surface area (Å²) >= 11 is 13.7. The van der Waals surface area contributed by atoms with Crippen molar-refractivity contribution >= 4 is 57.9 Å². The van der Waals surface area contributed by atoms with Crippen molar-refractivity contribution in [2.75, 3.05) is 26.2 Å². The number of likely N-dealkylation sites (tertiary alicyclic amines) is 1. The number of aryl methyl sites for hydroxylation is 1. The molecule has 1 atom stereocenters. The zero-order valence-electron chi connectivity index (χ0n) is 19.6. The van der Waals surface area contributed by atoms with Gasteiger partial charge in [0, 0.05) is 6.54 Å². The first-order valence-electron chi connectivity index (χ1n) is 11.3. The Balaban J connectivity index is 0.00000180. The van der Waals surface area contributed by atoms with Crippen molar-refractivity contribution in [2.24, 2.45) is 0 Å². The number of β-amino-alcohol motifs (C(OH)–C–C–N with tert-alkyl or cyclic N) is 1. The van der Waals surface area contributed by atoms with E-state index >= 15 is 0 Å². The number of benzene rings is 2. The third-order valence-electron chi connectivity index (χ3n) is 6.16. The van der Waals surface area contributed by atoms with E-state index < -0.39 is 6.10 Å². The summed E-state index contributed by atoms with van der Waals surface area (Å²) in [5, 5.41) is 22.5. The number of furan rings is 1. The Kier molecular flexibility index (Phi) is 10.00. The predicted octanol–water partition coefficient (Wildman–Crippen LogP) is 5.78. The number of halogens is 3. The van der Waals surface area contributed by atoms with E-state index in [9.17, 15) is 5.11 Å². The topological polar surface area (TPSA) is 103 Å². The molecule has 11 heteroatoms. The molecule has 0 spiro atoms. The summed E-state index contributed by atoms with van der Waals surface area (Å²) in [6, 6.07) is 13.5. The number of aromatic nitrogens is 2. The second-order valence-electron chi connectivity index (χ2n) is 8.62. The van der Waals surface area contributed by atoms with E-state index in [-0.39, 0.29) is 24.5 Å². The van der Waals surface area contributed by atoms with Gasteiger partial charge in [-0.05, 0) is 74.7 Å². The molecule has 0 aliphatic carbocycles. The molecule has 0 amide bonds.